The van der Waals surface area contributed by atoms with Crippen molar-refractivity contribution in [1.29, 1.82) is 0 Å². The third-order valence-corrected chi connectivity index (χ3v) is 3.86. The van der Waals surface area contributed by atoms with Gasteiger partial charge in [0.25, 0.3) is 0 Å². The van der Waals surface area contributed by atoms with Crippen molar-refractivity contribution in [2.24, 2.45) is 0 Å². The monoisotopic (exact) mass is 327 g/mol. The average Bonchev–Trinajstić information content (AvgIpc) is 2.98. The highest BCUT2D eigenvalue weighted by atomic mass is 32.1. The van der Waals surface area contributed by atoms with Gasteiger partial charge in [0.1, 0.15) is 5.82 Å². The van der Waals surface area contributed by atoms with Crippen LogP contribution in [0.25, 0.3) is 11.3 Å². The molecule has 4 nitrogen and oxygen atoms in total. The third-order valence-electron chi connectivity index (χ3n) is 3.10. The van der Waals surface area contributed by atoms with Crippen LogP contribution >= 0.6 is 11.3 Å². The van der Waals surface area contributed by atoms with Crippen LogP contribution in [0.15, 0.2) is 53.9 Å². The number of thiazole rings is 1. The van der Waals surface area contributed by atoms with E-state index in [1.807, 2.05) is 29.6 Å². The van der Waals surface area contributed by atoms with Crippen molar-refractivity contribution < 1.29 is 9.18 Å². The Kier molecular flexibility index (Phi) is 4.34. The van der Waals surface area contributed by atoms with Gasteiger partial charge in [-0.1, -0.05) is 24.3 Å². The maximum atomic E-state index is 13.7. The molecule has 1 aromatic heterocycles. The molecule has 2 N–H and O–H groups in total. The summed E-state index contributed by atoms with van der Waals surface area (Å²) >= 11 is 1.39. The minimum absolute atomic E-state index is 0.123. The van der Waals surface area contributed by atoms with Crippen LogP contribution in [-0.2, 0) is 4.79 Å². The highest BCUT2D eigenvalue weighted by Gasteiger charge is 2.08. The number of hydrogen-bond donors (Lipinski definition) is 2. The first-order valence-corrected chi connectivity index (χ1v) is 7.85. The molecule has 3 rings (SSSR count). The lowest BCUT2D eigenvalue weighted by atomic mass is 10.1. The molecule has 3 aromatic rings. The van der Waals surface area contributed by atoms with Crippen molar-refractivity contribution in [3.63, 3.8) is 0 Å². The van der Waals surface area contributed by atoms with E-state index in [1.54, 1.807) is 18.2 Å². The summed E-state index contributed by atoms with van der Waals surface area (Å²) in [5, 5.41) is 8.20. The number of benzene rings is 2. The zero-order chi connectivity index (χ0) is 16.2. The van der Waals surface area contributed by atoms with Crippen molar-refractivity contribution in [3.05, 3.63) is 59.7 Å². The van der Waals surface area contributed by atoms with E-state index in [0.29, 0.717) is 16.5 Å². The Morgan fingerprint density at radius 2 is 2.00 bits per heavy atom. The van der Waals surface area contributed by atoms with Crippen molar-refractivity contribution in [2.75, 3.05) is 10.6 Å². The summed E-state index contributed by atoms with van der Waals surface area (Å²) in [5.41, 5.74) is 2.75. The molecular weight excluding hydrogens is 313 g/mol. The van der Waals surface area contributed by atoms with E-state index >= 15 is 0 Å². The van der Waals surface area contributed by atoms with Gasteiger partial charge in [-0.2, -0.15) is 0 Å². The molecule has 1 amide bonds. The second-order valence-corrected chi connectivity index (χ2v) is 5.76. The summed E-state index contributed by atoms with van der Waals surface area (Å²) in [6.07, 6.45) is 0. The smallest absolute Gasteiger partial charge is 0.221 e. The summed E-state index contributed by atoms with van der Waals surface area (Å²) in [6, 6.07) is 13.9. The van der Waals surface area contributed by atoms with Crippen molar-refractivity contribution in [3.8, 4) is 11.3 Å². The SMILES string of the molecule is CC(=O)Nc1cccc(-c2csc(Nc3ccccc3F)n2)c1. The number of amides is 1. The normalized spacial score (nSPS) is 10.3. The second-order valence-electron chi connectivity index (χ2n) is 4.90. The Morgan fingerprint density at radius 1 is 1.17 bits per heavy atom. The number of nitrogens with one attached hydrogen (secondary N) is 2. The Bertz CT molecular complexity index is 847. The first-order chi connectivity index (χ1) is 11.1. The minimum atomic E-state index is -0.322. The highest BCUT2D eigenvalue weighted by Crippen LogP contribution is 2.29. The predicted octanol–water partition coefficient (Wildman–Crippen LogP) is 4.65. The van der Waals surface area contributed by atoms with E-state index in [-0.39, 0.29) is 11.7 Å². The molecule has 0 radical (unpaired) electrons. The molecule has 0 aliphatic heterocycles. The number of carbonyl (C=O) groups excluding carboxylic acids is 1. The number of anilines is 3. The largest absolute Gasteiger partial charge is 0.329 e. The minimum Gasteiger partial charge on any atom is -0.329 e. The van der Waals surface area contributed by atoms with Crippen molar-refractivity contribution >= 4 is 33.8 Å². The van der Waals surface area contributed by atoms with Crippen LogP contribution in [-0.4, -0.2) is 10.9 Å². The van der Waals surface area contributed by atoms with Gasteiger partial charge in [0.15, 0.2) is 5.13 Å². The third kappa shape index (κ3) is 3.73. The van der Waals surface area contributed by atoms with Gasteiger partial charge in [-0.25, -0.2) is 9.37 Å². The highest BCUT2D eigenvalue weighted by molar-refractivity contribution is 7.14. The Labute approximate surface area is 137 Å². The van der Waals surface area contributed by atoms with Crippen LogP contribution in [0.5, 0.6) is 0 Å². The van der Waals surface area contributed by atoms with E-state index in [2.05, 4.69) is 15.6 Å². The molecule has 116 valence electrons. The summed E-state index contributed by atoms with van der Waals surface area (Å²) in [6.45, 7) is 1.46. The van der Waals surface area contributed by atoms with Gasteiger partial charge in [-0.15, -0.1) is 11.3 Å². The standard InChI is InChI=1S/C17H14FN3OS/c1-11(22)19-13-6-4-5-12(9-13)16-10-23-17(21-16)20-15-8-3-2-7-14(15)18/h2-10H,1H3,(H,19,22)(H,20,21). The van der Waals surface area contributed by atoms with Gasteiger partial charge in [0.05, 0.1) is 11.4 Å². The molecule has 0 aliphatic carbocycles. The van der Waals surface area contributed by atoms with E-state index in [9.17, 15) is 9.18 Å². The average molecular weight is 327 g/mol. The van der Waals surface area contributed by atoms with Crippen LogP contribution < -0.4 is 10.6 Å². The molecule has 0 bridgehead atoms. The summed E-state index contributed by atoms with van der Waals surface area (Å²) in [7, 11) is 0. The summed E-state index contributed by atoms with van der Waals surface area (Å²) < 4.78 is 13.7. The van der Waals surface area contributed by atoms with E-state index in [0.717, 1.165) is 11.3 Å². The number of hydrogen-bond acceptors (Lipinski definition) is 4. The zero-order valence-corrected chi connectivity index (χ0v) is 13.2. The van der Waals surface area contributed by atoms with Gasteiger partial charge in [-0.05, 0) is 24.3 Å². The molecule has 6 heteroatoms. The van der Waals surface area contributed by atoms with Crippen LogP contribution in [0.2, 0.25) is 0 Å². The summed E-state index contributed by atoms with van der Waals surface area (Å²) in [4.78, 5) is 15.6. The molecule has 0 fully saturated rings. The topological polar surface area (TPSA) is 54.0 Å². The lowest BCUT2D eigenvalue weighted by molar-refractivity contribution is -0.114. The Balaban J connectivity index is 1.82. The van der Waals surface area contributed by atoms with Crippen LogP contribution in [0.4, 0.5) is 20.9 Å². The molecule has 0 saturated heterocycles. The Morgan fingerprint density at radius 3 is 2.78 bits per heavy atom. The lowest BCUT2D eigenvalue weighted by Crippen LogP contribution is -2.05. The van der Waals surface area contributed by atoms with Gasteiger partial charge in [0, 0.05) is 23.6 Å². The number of para-hydroxylation sites is 1. The summed E-state index contributed by atoms with van der Waals surface area (Å²) in [5.74, 6) is -0.445. The van der Waals surface area contributed by atoms with Gasteiger partial charge in [-0.3, -0.25) is 4.79 Å². The van der Waals surface area contributed by atoms with Crippen LogP contribution in [0.3, 0.4) is 0 Å². The van der Waals surface area contributed by atoms with Crippen molar-refractivity contribution in [2.45, 2.75) is 6.92 Å². The van der Waals surface area contributed by atoms with E-state index in [1.165, 1.54) is 24.3 Å². The van der Waals surface area contributed by atoms with Gasteiger partial charge < -0.3 is 10.6 Å². The Hall–Kier alpha value is -2.73. The quantitative estimate of drug-likeness (QED) is 0.733. The number of carbonyl (C=O) groups is 1. The fraction of sp³-hybridized carbons (Fsp3) is 0.0588. The molecule has 1 heterocycles. The van der Waals surface area contributed by atoms with Crippen LogP contribution in [0.1, 0.15) is 6.92 Å². The molecule has 0 spiro atoms. The maximum Gasteiger partial charge on any atom is 0.221 e. The number of halogens is 1. The zero-order valence-electron chi connectivity index (χ0n) is 12.3. The molecule has 0 unspecified atom stereocenters. The molecule has 2 aromatic carbocycles. The second kappa shape index (κ2) is 6.58. The first-order valence-electron chi connectivity index (χ1n) is 6.97. The fourth-order valence-corrected chi connectivity index (χ4v) is 2.83. The molecular formula is C17H14FN3OS. The predicted molar refractivity (Wildman–Crippen MR) is 91.5 cm³/mol. The molecule has 0 saturated carbocycles. The van der Waals surface area contributed by atoms with Gasteiger partial charge in [0.2, 0.25) is 5.91 Å². The van der Waals surface area contributed by atoms with E-state index < -0.39 is 0 Å². The van der Waals surface area contributed by atoms with Crippen LogP contribution in [0, 0.1) is 5.82 Å². The first kappa shape index (κ1) is 15.2. The lowest BCUT2D eigenvalue weighted by Gasteiger charge is -2.04. The fourth-order valence-electron chi connectivity index (χ4n) is 2.10. The number of nitrogens with zero attached hydrogens (tertiary/aromatic N) is 1. The van der Waals surface area contributed by atoms with Crippen molar-refractivity contribution in [1.82, 2.24) is 4.98 Å². The molecule has 0 atom stereocenters. The number of aromatic nitrogens is 1. The van der Waals surface area contributed by atoms with Gasteiger partial charge >= 0.3 is 0 Å². The maximum absolute atomic E-state index is 13.7. The number of rotatable bonds is 4. The molecule has 0 aliphatic rings. The molecule has 23 heavy (non-hydrogen) atoms. The van der Waals surface area contributed by atoms with E-state index in [4.69, 9.17) is 0 Å².